The van der Waals surface area contributed by atoms with Gasteiger partial charge in [0.25, 0.3) is 5.91 Å². The fourth-order valence-corrected chi connectivity index (χ4v) is 2.16. The standard InChI is InChI=1S/C14H13N5O2/c1-18-8-15-10-11(17-14(21)19(2)13(10)18)16-12(20)9-6-4-3-5-7-9/h3-8H,1-2H3,(H,16,17,20,21). The van der Waals surface area contributed by atoms with Crippen LogP contribution in [0.5, 0.6) is 0 Å². The summed E-state index contributed by atoms with van der Waals surface area (Å²) in [5.74, 6) is -0.161. The number of rotatable bonds is 2. The first-order valence-corrected chi connectivity index (χ1v) is 6.32. The van der Waals surface area contributed by atoms with Crippen molar-refractivity contribution in [2.75, 3.05) is 5.32 Å². The second-order valence-corrected chi connectivity index (χ2v) is 4.65. The summed E-state index contributed by atoms with van der Waals surface area (Å²) >= 11 is 0. The van der Waals surface area contributed by atoms with Crippen molar-refractivity contribution in [3.05, 3.63) is 52.7 Å². The van der Waals surface area contributed by atoms with E-state index >= 15 is 0 Å². The molecule has 7 heteroatoms. The summed E-state index contributed by atoms with van der Waals surface area (Å²) in [6, 6.07) is 8.73. The fourth-order valence-electron chi connectivity index (χ4n) is 2.16. The van der Waals surface area contributed by atoms with Crippen molar-refractivity contribution in [3.8, 4) is 0 Å². The summed E-state index contributed by atoms with van der Waals surface area (Å²) in [7, 11) is 3.39. The molecule has 21 heavy (non-hydrogen) atoms. The van der Waals surface area contributed by atoms with Gasteiger partial charge in [0.1, 0.15) is 11.2 Å². The molecule has 0 aliphatic carbocycles. The Hall–Kier alpha value is -2.96. The molecular formula is C14H13N5O2. The first kappa shape index (κ1) is 13.0. The monoisotopic (exact) mass is 283 g/mol. The first-order valence-electron chi connectivity index (χ1n) is 6.32. The van der Waals surface area contributed by atoms with Crippen LogP contribution in [0.15, 0.2) is 41.5 Å². The number of benzene rings is 1. The van der Waals surface area contributed by atoms with Crippen LogP contribution in [0.3, 0.4) is 0 Å². The lowest BCUT2D eigenvalue weighted by Crippen LogP contribution is -2.24. The molecule has 3 rings (SSSR count). The third kappa shape index (κ3) is 2.18. The number of nitrogens with zero attached hydrogens (tertiary/aromatic N) is 4. The average molecular weight is 283 g/mol. The molecule has 1 aromatic carbocycles. The van der Waals surface area contributed by atoms with Gasteiger partial charge in [-0.25, -0.2) is 9.78 Å². The molecule has 7 nitrogen and oxygen atoms in total. The highest BCUT2D eigenvalue weighted by Gasteiger charge is 2.15. The van der Waals surface area contributed by atoms with Gasteiger partial charge in [0.15, 0.2) is 5.82 Å². The van der Waals surface area contributed by atoms with Crippen molar-refractivity contribution < 1.29 is 4.79 Å². The zero-order valence-electron chi connectivity index (χ0n) is 11.6. The quantitative estimate of drug-likeness (QED) is 0.758. The van der Waals surface area contributed by atoms with E-state index in [-0.39, 0.29) is 11.7 Å². The number of aryl methyl sites for hydroxylation is 2. The molecule has 0 bridgehead atoms. The third-order valence-electron chi connectivity index (χ3n) is 3.21. The summed E-state index contributed by atoms with van der Waals surface area (Å²) in [4.78, 5) is 32.1. The maximum Gasteiger partial charge on any atom is 0.350 e. The molecular weight excluding hydrogens is 270 g/mol. The van der Waals surface area contributed by atoms with Crippen molar-refractivity contribution in [1.82, 2.24) is 19.1 Å². The Morgan fingerprint density at radius 1 is 1.19 bits per heavy atom. The Labute approximate surface area is 119 Å². The smallest absolute Gasteiger partial charge is 0.320 e. The van der Waals surface area contributed by atoms with E-state index in [4.69, 9.17) is 0 Å². The van der Waals surface area contributed by atoms with Gasteiger partial charge in [-0.15, -0.1) is 0 Å². The molecule has 0 spiro atoms. The molecule has 0 atom stereocenters. The van der Waals surface area contributed by atoms with Crippen LogP contribution in [0.2, 0.25) is 0 Å². The first-order chi connectivity index (χ1) is 10.1. The second kappa shape index (κ2) is 4.86. The van der Waals surface area contributed by atoms with Crippen molar-refractivity contribution >= 4 is 22.9 Å². The molecule has 0 unspecified atom stereocenters. The highest BCUT2D eigenvalue weighted by Crippen LogP contribution is 2.17. The molecule has 0 aliphatic rings. The van der Waals surface area contributed by atoms with Gasteiger partial charge in [0.05, 0.1) is 6.33 Å². The Balaban J connectivity index is 2.08. The van der Waals surface area contributed by atoms with Gasteiger partial charge in [-0.1, -0.05) is 18.2 Å². The van der Waals surface area contributed by atoms with Crippen molar-refractivity contribution in [3.63, 3.8) is 0 Å². The summed E-state index contributed by atoms with van der Waals surface area (Å²) < 4.78 is 3.09. The van der Waals surface area contributed by atoms with E-state index in [2.05, 4.69) is 15.3 Å². The van der Waals surface area contributed by atoms with Crippen LogP contribution >= 0.6 is 0 Å². The van der Waals surface area contributed by atoms with Crippen molar-refractivity contribution in [1.29, 1.82) is 0 Å². The minimum Gasteiger partial charge on any atom is -0.320 e. The number of carbonyl (C=O) groups excluding carboxylic acids is 1. The predicted octanol–water partition coefficient (Wildman–Crippen LogP) is 0.919. The second-order valence-electron chi connectivity index (χ2n) is 4.65. The highest BCUT2D eigenvalue weighted by atomic mass is 16.2. The van der Waals surface area contributed by atoms with E-state index in [1.165, 1.54) is 4.57 Å². The van der Waals surface area contributed by atoms with Crippen LogP contribution in [-0.4, -0.2) is 25.0 Å². The van der Waals surface area contributed by atoms with Crippen molar-refractivity contribution in [2.45, 2.75) is 0 Å². The Kier molecular flexibility index (Phi) is 3.02. The number of hydrogen-bond donors (Lipinski definition) is 1. The van der Waals surface area contributed by atoms with Gasteiger partial charge in [-0.3, -0.25) is 9.36 Å². The molecule has 1 N–H and O–H groups in total. The van der Waals surface area contributed by atoms with Crippen LogP contribution in [-0.2, 0) is 14.1 Å². The van der Waals surface area contributed by atoms with Crippen LogP contribution in [0.1, 0.15) is 10.4 Å². The lowest BCUT2D eigenvalue weighted by Gasteiger charge is -2.07. The SMILES string of the molecule is Cn1cnc2c(NC(=O)c3ccccc3)nc(=O)n(C)c21. The van der Waals surface area contributed by atoms with Gasteiger partial charge in [-0.05, 0) is 12.1 Å². The third-order valence-corrected chi connectivity index (χ3v) is 3.21. The Morgan fingerprint density at radius 2 is 1.90 bits per heavy atom. The summed E-state index contributed by atoms with van der Waals surface area (Å²) in [6.07, 6.45) is 1.57. The zero-order valence-corrected chi connectivity index (χ0v) is 11.6. The summed E-state index contributed by atoms with van der Waals surface area (Å²) in [5, 5.41) is 2.64. The molecule has 3 aromatic rings. The van der Waals surface area contributed by atoms with Gasteiger partial charge < -0.3 is 9.88 Å². The maximum absolute atomic E-state index is 12.2. The zero-order chi connectivity index (χ0) is 15.0. The average Bonchev–Trinajstić information content (AvgIpc) is 2.88. The summed E-state index contributed by atoms with van der Waals surface area (Å²) in [5.41, 5.74) is 1.11. The molecule has 2 heterocycles. The molecule has 1 amide bonds. The van der Waals surface area contributed by atoms with E-state index < -0.39 is 5.69 Å². The van der Waals surface area contributed by atoms with Crippen LogP contribution < -0.4 is 11.0 Å². The van der Waals surface area contributed by atoms with Crippen LogP contribution in [0.25, 0.3) is 11.2 Å². The molecule has 106 valence electrons. The number of carbonyl (C=O) groups is 1. The van der Waals surface area contributed by atoms with E-state index in [1.807, 2.05) is 6.07 Å². The van der Waals surface area contributed by atoms with Gasteiger partial charge in [0.2, 0.25) is 0 Å². The maximum atomic E-state index is 12.2. The largest absolute Gasteiger partial charge is 0.350 e. The molecule has 0 radical (unpaired) electrons. The summed E-state index contributed by atoms with van der Waals surface area (Å²) in [6.45, 7) is 0. The number of imidazole rings is 1. The highest BCUT2D eigenvalue weighted by molar-refractivity contribution is 6.06. The van der Waals surface area contributed by atoms with E-state index in [0.29, 0.717) is 16.7 Å². The number of aromatic nitrogens is 4. The number of hydrogen-bond acceptors (Lipinski definition) is 4. The van der Waals surface area contributed by atoms with E-state index in [9.17, 15) is 9.59 Å². The van der Waals surface area contributed by atoms with Crippen molar-refractivity contribution in [2.24, 2.45) is 14.1 Å². The number of nitrogens with one attached hydrogen (secondary N) is 1. The minimum atomic E-state index is -0.450. The number of fused-ring (bicyclic) bond motifs is 1. The van der Waals surface area contributed by atoms with Crippen LogP contribution in [0, 0.1) is 0 Å². The number of amides is 1. The van der Waals surface area contributed by atoms with E-state index in [0.717, 1.165) is 0 Å². The predicted molar refractivity (Wildman–Crippen MR) is 78.1 cm³/mol. The topological polar surface area (TPSA) is 81.8 Å². The minimum absolute atomic E-state index is 0.169. The molecule has 0 saturated carbocycles. The van der Waals surface area contributed by atoms with E-state index in [1.54, 1.807) is 49.3 Å². The van der Waals surface area contributed by atoms with Gasteiger partial charge in [-0.2, -0.15) is 4.98 Å². The lowest BCUT2D eigenvalue weighted by atomic mass is 10.2. The molecule has 0 aliphatic heterocycles. The normalized spacial score (nSPS) is 10.8. The Bertz CT molecular complexity index is 880. The Morgan fingerprint density at radius 3 is 2.62 bits per heavy atom. The molecule has 0 fully saturated rings. The molecule has 0 saturated heterocycles. The van der Waals surface area contributed by atoms with Gasteiger partial charge in [0, 0.05) is 19.7 Å². The van der Waals surface area contributed by atoms with Gasteiger partial charge >= 0.3 is 5.69 Å². The number of anilines is 1. The van der Waals surface area contributed by atoms with Crippen LogP contribution in [0.4, 0.5) is 5.82 Å². The lowest BCUT2D eigenvalue weighted by molar-refractivity contribution is 0.102. The fraction of sp³-hybridized carbons (Fsp3) is 0.143. The molecule has 2 aromatic heterocycles.